The molecule has 2 aromatic heterocycles. The first kappa shape index (κ1) is 17.8. The van der Waals surface area contributed by atoms with E-state index < -0.39 is 0 Å². The van der Waals surface area contributed by atoms with Gasteiger partial charge in [0.05, 0.1) is 24.2 Å². The molecule has 1 aliphatic heterocycles. The van der Waals surface area contributed by atoms with Crippen LogP contribution in [0.3, 0.4) is 0 Å². The summed E-state index contributed by atoms with van der Waals surface area (Å²) in [5.74, 6) is 0.469. The maximum Gasteiger partial charge on any atom is 0.333 e. The second-order valence-corrected chi connectivity index (χ2v) is 6.92. The fourth-order valence-corrected chi connectivity index (χ4v) is 4.03. The Morgan fingerprint density at radius 3 is 2.84 bits per heavy atom. The lowest BCUT2D eigenvalue weighted by atomic mass is 10.2. The van der Waals surface area contributed by atoms with Crippen molar-refractivity contribution in [1.82, 2.24) is 14.7 Å². The molecule has 1 atom stereocenters. The molecule has 0 spiro atoms. The minimum Gasteiger partial charge on any atom is -0.379 e. The summed E-state index contributed by atoms with van der Waals surface area (Å²) in [6.07, 6.45) is 0.531. The van der Waals surface area contributed by atoms with E-state index in [-0.39, 0.29) is 16.7 Å². The highest BCUT2D eigenvalue weighted by molar-refractivity contribution is 7.10. The zero-order chi connectivity index (χ0) is 17.8. The van der Waals surface area contributed by atoms with Crippen LogP contribution in [0.2, 0.25) is 0 Å². The second-order valence-electron chi connectivity index (χ2n) is 5.94. The van der Waals surface area contributed by atoms with Gasteiger partial charge in [-0.15, -0.1) is 11.3 Å². The van der Waals surface area contributed by atoms with Gasteiger partial charge in [0.25, 0.3) is 0 Å². The zero-order valence-corrected chi connectivity index (χ0v) is 15.3. The van der Waals surface area contributed by atoms with Gasteiger partial charge in [-0.1, -0.05) is 13.0 Å². The summed E-state index contributed by atoms with van der Waals surface area (Å²) in [4.78, 5) is 14.7. The van der Waals surface area contributed by atoms with Gasteiger partial charge < -0.3 is 10.1 Å². The number of anilines is 1. The standard InChI is InChI=1S/C16H23N5O3S/c1-3-12-15(21(22)23)16(19(2)18-12)17-11-13(14-5-4-10-25-14)20-6-8-24-9-7-20/h4-5,10,13,17H,3,6-9,11H2,1-2H3. The molecule has 0 saturated carbocycles. The number of ether oxygens (including phenoxy) is 1. The van der Waals surface area contributed by atoms with Crippen LogP contribution in [0.5, 0.6) is 0 Å². The van der Waals surface area contributed by atoms with E-state index in [4.69, 9.17) is 4.74 Å². The van der Waals surface area contributed by atoms with Crippen LogP contribution in [-0.4, -0.2) is 52.5 Å². The molecule has 25 heavy (non-hydrogen) atoms. The highest BCUT2D eigenvalue weighted by atomic mass is 32.1. The minimum absolute atomic E-state index is 0.0805. The molecule has 0 bridgehead atoms. The first-order valence-electron chi connectivity index (χ1n) is 8.41. The smallest absolute Gasteiger partial charge is 0.333 e. The van der Waals surface area contributed by atoms with Crippen molar-refractivity contribution in [2.45, 2.75) is 19.4 Å². The summed E-state index contributed by atoms with van der Waals surface area (Å²) >= 11 is 1.71. The Labute approximate surface area is 150 Å². The highest BCUT2D eigenvalue weighted by Crippen LogP contribution is 2.31. The van der Waals surface area contributed by atoms with Crippen molar-refractivity contribution in [2.75, 3.05) is 38.2 Å². The van der Waals surface area contributed by atoms with Crippen LogP contribution in [-0.2, 0) is 18.2 Å². The molecule has 1 fully saturated rings. The number of aromatic nitrogens is 2. The van der Waals surface area contributed by atoms with Gasteiger partial charge in [-0.2, -0.15) is 5.10 Å². The number of thiophene rings is 1. The molecule has 1 N–H and O–H groups in total. The highest BCUT2D eigenvalue weighted by Gasteiger charge is 2.28. The lowest BCUT2D eigenvalue weighted by Gasteiger charge is -2.34. The van der Waals surface area contributed by atoms with Crippen molar-refractivity contribution >= 4 is 22.8 Å². The van der Waals surface area contributed by atoms with Crippen molar-refractivity contribution < 1.29 is 9.66 Å². The predicted octanol–water partition coefficient (Wildman–Crippen LogP) is 2.44. The largest absolute Gasteiger partial charge is 0.379 e. The van der Waals surface area contributed by atoms with E-state index in [9.17, 15) is 10.1 Å². The first-order valence-corrected chi connectivity index (χ1v) is 9.29. The van der Waals surface area contributed by atoms with Crippen molar-refractivity contribution in [3.8, 4) is 0 Å². The summed E-state index contributed by atoms with van der Waals surface area (Å²) in [5.41, 5.74) is 0.589. The average molecular weight is 365 g/mol. The molecule has 0 aromatic carbocycles. The molecule has 1 unspecified atom stereocenters. The van der Waals surface area contributed by atoms with Gasteiger partial charge in [-0.05, 0) is 17.9 Å². The van der Waals surface area contributed by atoms with Gasteiger partial charge in [-0.25, -0.2) is 4.68 Å². The van der Waals surface area contributed by atoms with E-state index in [0.29, 0.717) is 37.7 Å². The van der Waals surface area contributed by atoms with Crippen LogP contribution in [0.25, 0.3) is 0 Å². The van der Waals surface area contributed by atoms with E-state index in [0.717, 1.165) is 13.1 Å². The van der Waals surface area contributed by atoms with Crippen molar-refractivity contribution in [2.24, 2.45) is 7.05 Å². The van der Waals surface area contributed by atoms with Crippen LogP contribution < -0.4 is 5.32 Å². The van der Waals surface area contributed by atoms with Gasteiger partial charge in [0.15, 0.2) is 0 Å². The summed E-state index contributed by atoms with van der Waals surface area (Å²) in [6.45, 7) is 5.61. The number of nitro groups is 1. The number of aryl methyl sites for hydroxylation is 2. The molecule has 1 aliphatic rings. The average Bonchev–Trinajstić information content (AvgIpc) is 3.24. The van der Waals surface area contributed by atoms with Crippen molar-refractivity contribution in [3.63, 3.8) is 0 Å². The van der Waals surface area contributed by atoms with Crippen LogP contribution in [0.15, 0.2) is 17.5 Å². The monoisotopic (exact) mass is 365 g/mol. The van der Waals surface area contributed by atoms with Crippen LogP contribution >= 0.6 is 11.3 Å². The molecule has 8 nitrogen and oxygen atoms in total. The minimum atomic E-state index is -0.344. The molecule has 2 aromatic rings. The zero-order valence-electron chi connectivity index (χ0n) is 14.5. The van der Waals surface area contributed by atoms with Gasteiger partial charge in [0, 0.05) is 31.6 Å². The van der Waals surface area contributed by atoms with Gasteiger partial charge in [-0.3, -0.25) is 15.0 Å². The first-order chi connectivity index (χ1) is 12.1. The van der Waals surface area contributed by atoms with Crippen LogP contribution in [0, 0.1) is 10.1 Å². The molecule has 1 saturated heterocycles. The summed E-state index contributed by atoms with van der Waals surface area (Å²) in [7, 11) is 1.74. The Morgan fingerprint density at radius 2 is 2.24 bits per heavy atom. The topological polar surface area (TPSA) is 85.5 Å². The number of nitrogens with zero attached hydrogens (tertiary/aromatic N) is 4. The molecule has 0 radical (unpaired) electrons. The summed E-state index contributed by atoms with van der Waals surface area (Å²) in [5, 5.41) is 21.1. The Hall–Kier alpha value is -1.97. The third-order valence-electron chi connectivity index (χ3n) is 4.43. The maximum atomic E-state index is 11.5. The fraction of sp³-hybridized carbons (Fsp3) is 0.562. The lowest BCUT2D eigenvalue weighted by molar-refractivity contribution is -0.384. The third-order valence-corrected chi connectivity index (χ3v) is 5.40. The SMILES string of the molecule is CCc1nn(C)c(NCC(c2cccs2)N2CCOCC2)c1[N+](=O)[O-]. The number of morpholine rings is 1. The van der Waals surface area contributed by atoms with E-state index >= 15 is 0 Å². The van der Waals surface area contributed by atoms with E-state index in [1.165, 1.54) is 4.88 Å². The quantitative estimate of drug-likeness (QED) is 0.599. The van der Waals surface area contributed by atoms with Crippen molar-refractivity contribution in [1.29, 1.82) is 0 Å². The number of hydrogen-bond donors (Lipinski definition) is 1. The Kier molecular flexibility index (Phi) is 5.67. The van der Waals surface area contributed by atoms with Crippen molar-refractivity contribution in [3.05, 3.63) is 38.2 Å². The second kappa shape index (κ2) is 7.94. The fourth-order valence-electron chi connectivity index (χ4n) is 3.17. The molecule has 3 rings (SSSR count). The molecule has 136 valence electrons. The number of rotatable bonds is 7. The lowest BCUT2D eigenvalue weighted by Crippen LogP contribution is -2.41. The normalized spacial score (nSPS) is 16.7. The number of hydrogen-bond acceptors (Lipinski definition) is 7. The van der Waals surface area contributed by atoms with Crippen LogP contribution in [0.1, 0.15) is 23.5 Å². The third kappa shape index (κ3) is 3.83. The summed E-state index contributed by atoms with van der Waals surface area (Å²) in [6, 6.07) is 4.31. The van der Waals surface area contributed by atoms with Gasteiger partial charge in [0.2, 0.25) is 5.82 Å². The Morgan fingerprint density at radius 1 is 1.48 bits per heavy atom. The van der Waals surface area contributed by atoms with E-state index in [2.05, 4.69) is 26.8 Å². The number of nitrogens with one attached hydrogen (secondary N) is 1. The summed E-state index contributed by atoms with van der Waals surface area (Å²) < 4.78 is 7.03. The predicted molar refractivity (Wildman–Crippen MR) is 97.2 cm³/mol. The molecular formula is C16H23N5O3S. The van der Waals surface area contributed by atoms with Gasteiger partial charge in [0.1, 0.15) is 5.69 Å². The maximum absolute atomic E-state index is 11.5. The van der Waals surface area contributed by atoms with E-state index in [1.54, 1.807) is 23.1 Å². The van der Waals surface area contributed by atoms with Crippen LogP contribution in [0.4, 0.5) is 11.5 Å². The molecule has 0 amide bonds. The Balaban J connectivity index is 1.82. The molecule has 3 heterocycles. The van der Waals surface area contributed by atoms with Gasteiger partial charge >= 0.3 is 5.69 Å². The molecular weight excluding hydrogens is 342 g/mol. The van der Waals surface area contributed by atoms with E-state index in [1.807, 2.05) is 13.0 Å². The molecule has 0 aliphatic carbocycles. The Bertz CT molecular complexity index is 710. The molecule has 9 heteroatoms.